The fourth-order valence-corrected chi connectivity index (χ4v) is 4.18. The molecule has 0 spiro atoms. The van der Waals surface area contributed by atoms with E-state index < -0.39 is 0 Å². The summed E-state index contributed by atoms with van der Waals surface area (Å²) in [6.45, 7) is 10.8. The van der Waals surface area contributed by atoms with Crippen molar-refractivity contribution in [3.05, 3.63) is 18.0 Å². The monoisotopic (exact) mass is 371 g/mol. The van der Waals surface area contributed by atoms with E-state index in [4.69, 9.17) is 0 Å². The number of carbonyl (C=O) groups excluding carboxylic acids is 1. The minimum atomic E-state index is 0.152. The number of hydrogen-bond acceptors (Lipinski definition) is 6. The summed E-state index contributed by atoms with van der Waals surface area (Å²) in [5.74, 6) is 2.23. The first-order valence-electron chi connectivity index (χ1n) is 10.1. The van der Waals surface area contributed by atoms with Crippen LogP contribution in [0.5, 0.6) is 0 Å². The van der Waals surface area contributed by atoms with Crippen LogP contribution in [0.2, 0.25) is 0 Å². The van der Waals surface area contributed by atoms with Crippen LogP contribution < -0.4 is 4.90 Å². The van der Waals surface area contributed by atoms with Crippen molar-refractivity contribution in [3.8, 4) is 0 Å². The summed E-state index contributed by atoms with van der Waals surface area (Å²) in [6, 6.07) is 3.95. The Morgan fingerprint density at radius 1 is 1.07 bits per heavy atom. The third-order valence-corrected chi connectivity index (χ3v) is 5.80. The molecule has 0 aliphatic carbocycles. The molecule has 2 aromatic heterocycles. The van der Waals surface area contributed by atoms with Crippen molar-refractivity contribution in [2.45, 2.75) is 33.1 Å². The van der Waals surface area contributed by atoms with Gasteiger partial charge in [-0.3, -0.25) is 9.69 Å². The lowest BCUT2D eigenvalue weighted by atomic mass is 9.95. The predicted molar refractivity (Wildman–Crippen MR) is 104 cm³/mol. The summed E-state index contributed by atoms with van der Waals surface area (Å²) in [7, 11) is 0. The van der Waals surface area contributed by atoms with Crippen LogP contribution in [0.25, 0.3) is 5.65 Å². The van der Waals surface area contributed by atoms with Crippen LogP contribution in [-0.4, -0.2) is 81.3 Å². The van der Waals surface area contributed by atoms with Crippen LogP contribution in [0.4, 0.5) is 5.82 Å². The first-order chi connectivity index (χ1) is 13.2. The van der Waals surface area contributed by atoms with E-state index in [2.05, 4.69) is 36.9 Å². The van der Waals surface area contributed by atoms with E-state index in [-0.39, 0.29) is 5.92 Å². The Bertz CT molecular complexity index is 788. The van der Waals surface area contributed by atoms with Gasteiger partial charge in [-0.25, -0.2) is 0 Å². The van der Waals surface area contributed by atoms with E-state index in [9.17, 15) is 4.79 Å². The second-order valence-electron chi connectivity index (χ2n) is 7.64. The molecule has 0 radical (unpaired) electrons. The van der Waals surface area contributed by atoms with Crippen molar-refractivity contribution in [3.63, 3.8) is 0 Å². The van der Waals surface area contributed by atoms with Gasteiger partial charge in [0.25, 0.3) is 0 Å². The van der Waals surface area contributed by atoms with Crippen molar-refractivity contribution >= 4 is 17.4 Å². The largest absolute Gasteiger partial charge is 0.355 e. The Kier molecular flexibility index (Phi) is 5.24. The minimum Gasteiger partial charge on any atom is -0.355 e. The number of piperidine rings is 1. The quantitative estimate of drug-likeness (QED) is 0.804. The topological polar surface area (TPSA) is 69.9 Å². The van der Waals surface area contributed by atoms with Crippen LogP contribution in [-0.2, 0) is 4.79 Å². The highest BCUT2D eigenvalue weighted by molar-refractivity contribution is 5.79. The summed E-state index contributed by atoms with van der Waals surface area (Å²) in [5, 5.41) is 12.8. The number of aromatic nitrogens is 4. The van der Waals surface area contributed by atoms with Crippen molar-refractivity contribution in [1.82, 2.24) is 29.6 Å². The molecule has 2 aromatic rings. The SMILES string of the molecule is CCCN1CCN(C(=O)C2CCN(c3ccc4nnc(C)n4n3)CC2)CC1. The molecule has 2 aliphatic rings. The highest BCUT2D eigenvalue weighted by Gasteiger charge is 2.30. The highest BCUT2D eigenvalue weighted by atomic mass is 16.2. The molecule has 1 amide bonds. The van der Waals surface area contributed by atoms with Gasteiger partial charge in [0.05, 0.1) is 0 Å². The molecule has 146 valence electrons. The maximum absolute atomic E-state index is 12.9. The normalized spacial score (nSPS) is 19.8. The number of carbonyl (C=O) groups is 1. The number of hydrogen-bond donors (Lipinski definition) is 0. The maximum Gasteiger partial charge on any atom is 0.225 e. The molecule has 0 N–H and O–H groups in total. The molecule has 0 bridgehead atoms. The highest BCUT2D eigenvalue weighted by Crippen LogP contribution is 2.24. The smallest absolute Gasteiger partial charge is 0.225 e. The Labute approximate surface area is 160 Å². The average molecular weight is 371 g/mol. The van der Waals surface area contributed by atoms with E-state index in [1.807, 2.05) is 19.1 Å². The Balaban J connectivity index is 1.33. The molecule has 2 fully saturated rings. The van der Waals surface area contributed by atoms with Gasteiger partial charge in [0, 0.05) is 45.2 Å². The van der Waals surface area contributed by atoms with Gasteiger partial charge in [0.15, 0.2) is 11.5 Å². The molecule has 0 saturated carbocycles. The molecular formula is C19H29N7O. The van der Waals surface area contributed by atoms with Crippen LogP contribution in [0.1, 0.15) is 32.0 Å². The van der Waals surface area contributed by atoms with E-state index in [0.29, 0.717) is 5.91 Å². The molecule has 2 saturated heterocycles. The third kappa shape index (κ3) is 3.76. The summed E-state index contributed by atoms with van der Waals surface area (Å²) in [5.41, 5.74) is 0.767. The summed E-state index contributed by atoms with van der Waals surface area (Å²) in [4.78, 5) is 19.7. The Morgan fingerprint density at radius 3 is 2.52 bits per heavy atom. The number of nitrogens with zero attached hydrogens (tertiary/aromatic N) is 7. The van der Waals surface area contributed by atoms with Crippen molar-refractivity contribution in [2.24, 2.45) is 5.92 Å². The van der Waals surface area contributed by atoms with Crippen LogP contribution in [0, 0.1) is 12.8 Å². The molecule has 4 heterocycles. The number of anilines is 1. The van der Waals surface area contributed by atoms with Gasteiger partial charge in [-0.15, -0.1) is 15.3 Å². The molecule has 0 unspecified atom stereocenters. The van der Waals surface area contributed by atoms with E-state index in [1.54, 1.807) is 4.52 Å². The van der Waals surface area contributed by atoms with Crippen molar-refractivity contribution < 1.29 is 4.79 Å². The average Bonchev–Trinajstić information content (AvgIpc) is 3.09. The standard InChI is InChI=1S/C19H29N7O/c1-3-8-23-11-13-25(14-12-23)19(27)16-6-9-24(10-7-16)18-5-4-17-21-20-15(2)26(17)22-18/h4-5,16H,3,6-14H2,1-2H3. The van der Waals surface area contributed by atoms with Gasteiger partial charge >= 0.3 is 0 Å². The van der Waals surface area contributed by atoms with Gasteiger partial charge < -0.3 is 9.80 Å². The van der Waals surface area contributed by atoms with E-state index in [0.717, 1.165) is 75.9 Å². The van der Waals surface area contributed by atoms with Crippen molar-refractivity contribution in [1.29, 1.82) is 0 Å². The summed E-state index contributed by atoms with van der Waals surface area (Å²) in [6.07, 6.45) is 2.98. The molecule has 0 aromatic carbocycles. The number of rotatable bonds is 4. The summed E-state index contributed by atoms with van der Waals surface area (Å²) < 4.78 is 1.78. The van der Waals surface area contributed by atoms with Gasteiger partial charge in [0.2, 0.25) is 5.91 Å². The molecule has 27 heavy (non-hydrogen) atoms. The zero-order valence-corrected chi connectivity index (χ0v) is 16.3. The molecule has 4 rings (SSSR count). The fraction of sp³-hybridized carbons (Fsp3) is 0.684. The first kappa shape index (κ1) is 18.2. The van der Waals surface area contributed by atoms with Crippen LogP contribution >= 0.6 is 0 Å². The molecule has 2 aliphatic heterocycles. The van der Waals surface area contributed by atoms with Gasteiger partial charge in [-0.05, 0) is 44.9 Å². The fourth-order valence-electron chi connectivity index (χ4n) is 4.18. The second kappa shape index (κ2) is 7.80. The van der Waals surface area contributed by atoms with Crippen LogP contribution in [0.15, 0.2) is 12.1 Å². The van der Waals surface area contributed by atoms with Gasteiger partial charge in [0.1, 0.15) is 5.82 Å². The lowest BCUT2D eigenvalue weighted by molar-refractivity contribution is -0.138. The lowest BCUT2D eigenvalue weighted by Gasteiger charge is -2.38. The van der Waals surface area contributed by atoms with Gasteiger partial charge in [-0.2, -0.15) is 4.52 Å². The Hall–Kier alpha value is -2.22. The predicted octanol–water partition coefficient (Wildman–Crippen LogP) is 1.20. The Morgan fingerprint density at radius 2 is 1.81 bits per heavy atom. The molecule has 8 heteroatoms. The zero-order valence-electron chi connectivity index (χ0n) is 16.3. The minimum absolute atomic E-state index is 0.152. The molecule has 0 atom stereocenters. The zero-order chi connectivity index (χ0) is 18.8. The number of aryl methyl sites for hydroxylation is 1. The molecular weight excluding hydrogens is 342 g/mol. The molecule has 8 nitrogen and oxygen atoms in total. The summed E-state index contributed by atoms with van der Waals surface area (Å²) >= 11 is 0. The van der Waals surface area contributed by atoms with E-state index in [1.165, 1.54) is 6.42 Å². The number of piperazine rings is 1. The number of amides is 1. The first-order valence-corrected chi connectivity index (χ1v) is 10.1. The van der Waals surface area contributed by atoms with Gasteiger partial charge in [-0.1, -0.05) is 6.92 Å². The second-order valence-corrected chi connectivity index (χ2v) is 7.64. The number of fused-ring (bicyclic) bond motifs is 1. The maximum atomic E-state index is 12.9. The van der Waals surface area contributed by atoms with Crippen LogP contribution in [0.3, 0.4) is 0 Å². The van der Waals surface area contributed by atoms with E-state index >= 15 is 0 Å². The lowest BCUT2D eigenvalue weighted by Crippen LogP contribution is -2.51. The van der Waals surface area contributed by atoms with Crippen molar-refractivity contribution in [2.75, 3.05) is 50.7 Å². The third-order valence-electron chi connectivity index (χ3n) is 5.80.